The molecule has 148 valence electrons. The second-order valence-electron chi connectivity index (χ2n) is 7.89. The van der Waals surface area contributed by atoms with E-state index in [1.165, 1.54) is 0 Å². The Morgan fingerprint density at radius 1 is 1.30 bits per heavy atom. The summed E-state index contributed by atoms with van der Waals surface area (Å²) in [4.78, 5) is 27.6. The number of nitrogens with one attached hydrogen (secondary N) is 1. The standard InChI is InChI=1S/C21H30N2O4/c1-15(2)23-17(24)13-27-19(18(23)16-9-5-4-6-10-16)20(25)22-21(14-26-3)11-7-8-12-21/h4-6,9-10,15,18-19H,7-8,11-14H2,1-3H3,(H,22,25)/t18-,19+/m1/s1. The van der Waals surface area contributed by atoms with Crippen molar-refractivity contribution in [3.8, 4) is 0 Å². The molecule has 0 aromatic heterocycles. The fraction of sp³-hybridized carbons (Fsp3) is 0.619. The van der Waals surface area contributed by atoms with Crippen molar-refractivity contribution >= 4 is 11.8 Å². The summed E-state index contributed by atoms with van der Waals surface area (Å²) in [6.45, 7) is 4.36. The molecule has 0 spiro atoms. The summed E-state index contributed by atoms with van der Waals surface area (Å²) >= 11 is 0. The fourth-order valence-electron chi connectivity index (χ4n) is 4.41. The Morgan fingerprint density at radius 2 is 1.96 bits per heavy atom. The summed E-state index contributed by atoms with van der Waals surface area (Å²) in [7, 11) is 1.66. The van der Waals surface area contributed by atoms with E-state index in [0.717, 1.165) is 31.2 Å². The Kier molecular flexibility index (Phi) is 6.17. The molecule has 3 rings (SSSR count). The quantitative estimate of drug-likeness (QED) is 0.830. The predicted octanol–water partition coefficient (Wildman–Crippen LogP) is 2.44. The van der Waals surface area contributed by atoms with Gasteiger partial charge in [-0.3, -0.25) is 9.59 Å². The van der Waals surface area contributed by atoms with Gasteiger partial charge in [-0.05, 0) is 32.3 Å². The average molecular weight is 374 g/mol. The van der Waals surface area contributed by atoms with Crippen LogP contribution < -0.4 is 5.32 Å². The number of hydrogen-bond donors (Lipinski definition) is 1. The normalized spacial score (nSPS) is 25.0. The maximum absolute atomic E-state index is 13.3. The van der Waals surface area contributed by atoms with Crippen LogP contribution in [-0.4, -0.2) is 54.7 Å². The lowest BCUT2D eigenvalue weighted by Gasteiger charge is -2.43. The highest BCUT2D eigenvalue weighted by molar-refractivity contribution is 5.87. The maximum atomic E-state index is 13.3. The Morgan fingerprint density at radius 3 is 2.56 bits per heavy atom. The van der Waals surface area contributed by atoms with Crippen LogP contribution in [0.3, 0.4) is 0 Å². The molecule has 1 N–H and O–H groups in total. The average Bonchev–Trinajstić information content (AvgIpc) is 3.10. The highest BCUT2D eigenvalue weighted by atomic mass is 16.5. The molecular formula is C21H30N2O4. The molecule has 1 saturated carbocycles. The number of rotatable bonds is 6. The zero-order chi connectivity index (χ0) is 19.4. The third-order valence-electron chi connectivity index (χ3n) is 5.59. The van der Waals surface area contributed by atoms with Crippen LogP contribution in [0.4, 0.5) is 0 Å². The summed E-state index contributed by atoms with van der Waals surface area (Å²) in [6, 6.07) is 9.20. The van der Waals surface area contributed by atoms with Gasteiger partial charge in [0.25, 0.3) is 5.91 Å². The van der Waals surface area contributed by atoms with E-state index in [1.54, 1.807) is 12.0 Å². The van der Waals surface area contributed by atoms with Crippen LogP contribution in [0.2, 0.25) is 0 Å². The van der Waals surface area contributed by atoms with E-state index in [0.29, 0.717) is 6.61 Å². The third-order valence-corrected chi connectivity index (χ3v) is 5.59. The Hall–Kier alpha value is -1.92. The number of amides is 2. The molecule has 6 nitrogen and oxygen atoms in total. The topological polar surface area (TPSA) is 67.9 Å². The van der Waals surface area contributed by atoms with E-state index in [1.807, 2.05) is 44.2 Å². The highest BCUT2D eigenvalue weighted by Gasteiger charge is 2.45. The number of benzene rings is 1. The van der Waals surface area contributed by atoms with Gasteiger partial charge in [0.05, 0.1) is 18.2 Å². The number of morpholine rings is 1. The van der Waals surface area contributed by atoms with Gasteiger partial charge >= 0.3 is 0 Å². The third kappa shape index (κ3) is 4.17. The van der Waals surface area contributed by atoms with Gasteiger partial charge in [0.15, 0.2) is 6.10 Å². The van der Waals surface area contributed by atoms with Crippen LogP contribution in [0.15, 0.2) is 30.3 Å². The van der Waals surface area contributed by atoms with Crippen LogP contribution in [0, 0.1) is 0 Å². The zero-order valence-electron chi connectivity index (χ0n) is 16.4. The van der Waals surface area contributed by atoms with E-state index in [4.69, 9.17) is 9.47 Å². The van der Waals surface area contributed by atoms with Crippen molar-refractivity contribution in [2.24, 2.45) is 0 Å². The molecule has 1 aromatic carbocycles. The maximum Gasteiger partial charge on any atom is 0.252 e. The van der Waals surface area contributed by atoms with Crippen LogP contribution in [0.1, 0.15) is 51.1 Å². The van der Waals surface area contributed by atoms with Crippen molar-refractivity contribution in [3.63, 3.8) is 0 Å². The van der Waals surface area contributed by atoms with Crippen molar-refractivity contribution in [1.82, 2.24) is 10.2 Å². The molecule has 0 bridgehead atoms. The van der Waals surface area contributed by atoms with Crippen LogP contribution in [-0.2, 0) is 19.1 Å². The summed E-state index contributed by atoms with van der Waals surface area (Å²) < 4.78 is 11.2. The van der Waals surface area contributed by atoms with Gasteiger partial charge in [-0.15, -0.1) is 0 Å². The van der Waals surface area contributed by atoms with Crippen molar-refractivity contribution < 1.29 is 19.1 Å². The largest absolute Gasteiger partial charge is 0.382 e. The molecule has 1 aliphatic carbocycles. The molecule has 1 heterocycles. The first kappa shape index (κ1) is 19.8. The highest BCUT2D eigenvalue weighted by Crippen LogP contribution is 2.34. The number of hydrogen-bond acceptors (Lipinski definition) is 4. The van der Waals surface area contributed by atoms with Crippen molar-refractivity contribution in [3.05, 3.63) is 35.9 Å². The Balaban J connectivity index is 1.89. The molecule has 1 aromatic rings. The van der Waals surface area contributed by atoms with Gasteiger partial charge in [-0.25, -0.2) is 0 Å². The van der Waals surface area contributed by atoms with E-state index in [-0.39, 0.29) is 30.0 Å². The lowest BCUT2D eigenvalue weighted by atomic mass is 9.93. The lowest BCUT2D eigenvalue weighted by Crippen LogP contribution is -2.60. The van der Waals surface area contributed by atoms with Gasteiger partial charge in [0, 0.05) is 13.2 Å². The van der Waals surface area contributed by atoms with E-state index < -0.39 is 12.1 Å². The van der Waals surface area contributed by atoms with Crippen LogP contribution in [0.5, 0.6) is 0 Å². The second-order valence-corrected chi connectivity index (χ2v) is 7.89. The van der Waals surface area contributed by atoms with Gasteiger partial charge < -0.3 is 19.7 Å². The molecule has 1 aliphatic heterocycles. The Bertz CT molecular complexity index is 655. The smallest absolute Gasteiger partial charge is 0.252 e. The number of methoxy groups -OCH3 is 1. The molecular weight excluding hydrogens is 344 g/mol. The van der Waals surface area contributed by atoms with Crippen molar-refractivity contribution in [1.29, 1.82) is 0 Å². The molecule has 27 heavy (non-hydrogen) atoms. The molecule has 2 fully saturated rings. The van der Waals surface area contributed by atoms with Gasteiger partial charge in [-0.2, -0.15) is 0 Å². The monoisotopic (exact) mass is 374 g/mol. The van der Waals surface area contributed by atoms with Gasteiger partial charge in [-0.1, -0.05) is 43.2 Å². The van der Waals surface area contributed by atoms with Gasteiger partial charge in [0.2, 0.25) is 5.91 Å². The number of nitrogens with zero attached hydrogens (tertiary/aromatic N) is 1. The van der Waals surface area contributed by atoms with Crippen LogP contribution in [0.25, 0.3) is 0 Å². The summed E-state index contributed by atoms with van der Waals surface area (Å²) in [5.74, 6) is -0.253. The first-order chi connectivity index (χ1) is 13.0. The number of carbonyl (C=O) groups is 2. The molecule has 2 atom stereocenters. The lowest BCUT2D eigenvalue weighted by molar-refractivity contribution is -0.168. The zero-order valence-corrected chi connectivity index (χ0v) is 16.4. The number of ether oxygens (including phenoxy) is 2. The molecule has 0 radical (unpaired) electrons. The number of carbonyl (C=O) groups excluding carboxylic acids is 2. The summed E-state index contributed by atoms with van der Waals surface area (Å²) in [5, 5.41) is 3.21. The minimum atomic E-state index is -0.734. The summed E-state index contributed by atoms with van der Waals surface area (Å²) in [6.07, 6.45) is 3.23. The molecule has 2 amide bonds. The SMILES string of the molecule is COCC1(NC(=O)[C@H]2OCC(=O)N(C(C)C)[C@@H]2c2ccccc2)CCCC1. The van der Waals surface area contributed by atoms with Gasteiger partial charge in [0.1, 0.15) is 6.61 Å². The van der Waals surface area contributed by atoms with E-state index in [2.05, 4.69) is 5.32 Å². The first-order valence-corrected chi connectivity index (χ1v) is 9.76. The molecule has 2 aliphatic rings. The van der Waals surface area contributed by atoms with Crippen molar-refractivity contribution in [2.75, 3.05) is 20.3 Å². The predicted molar refractivity (Wildman–Crippen MR) is 102 cm³/mol. The molecule has 6 heteroatoms. The first-order valence-electron chi connectivity index (χ1n) is 9.76. The second kappa shape index (κ2) is 8.40. The van der Waals surface area contributed by atoms with Crippen LogP contribution >= 0.6 is 0 Å². The molecule has 0 unspecified atom stereocenters. The minimum absolute atomic E-state index is 0.0266. The van der Waals surface area contributed by atoms with Crippen molar-refractivity contribution in [2.45, 2.75) is 63.3 Å². The Labute approximate surface area is 161 Å². The fourth-order valence-corrected chi connectivity index (χ4v) is 4.41. The molecule has 1 saturated heterocycles. The minimum Gasteiger partial charge on any atom is -0.382 e. The van der Waals surface area contributed by atoms with E-state index >= 15 is 0 Å². The summed E-state index contributed by atoms with van der Waals surface area (Å²) in [5.41, 5.74) is 0.576. The van der Waals surface area contributed by atoms with E-state index in [9.17, 15) is 9.59 Å².